The lowest BCUT2D eigenvalue weighted by Crippen LogP contribution is -2.41. The number of thiophene rings is 1. The molecule has 224 valence electrons. The number of hydrogen-bond acceptors (Lipinski definition) is 5. The maximum atomic E-state index is 10.9. The summed E-state index contributed by atoms with van der Waals surface area (Å²) in [7, 11) is -3.82. The van der Waals surface area contributed by atoms with E-state index in [1.54, 1.807) is 11.3 Å². The quantitative estimate of drug-likeness (QED) is 0.217. The van der Waals surface area contributed by atoms with Gasteiger partial charge in [0.05, 0.1) is 13.2 Å². The minimum absolute atomic E-state index is 0.134. The Labute approximate surface area is 249 Å². The van der Waals surface area contributed by atoms with Crippen molar-refractivity contribution in [1.82, 2.24) is 0 Å². The highest BCUT2D eigenvalue weighted by Crippen LogP contribution is 2.39. The first-order valence-corrected chi connectivity index (χ1v) is 21.1. The molecule has 1 N–H and O–H groups in total. The van der Waals surface area contributed by atoms with Crippen LogP contribution in [-0.4, -0.2) is 27.7 Å². The van der Waals surface area contributed by atoms with Crippen LogP contribution in [0.1, 0.15) is 89.3 Å². The van der Waals surface area contributed by atoms with Crippen molar-refractivity contribution in [3.63, 3.8) is 0 Å². The van der Waals surface area contributed by atoms with E-state index in [2.05, 4.69) is 98.2 Å². The zero-order valence-electron chi connectivity index (χ0n) is 26.7. The third kappa shape index (κ3) is 9.98. The summed E-state index contributed by atoms with van der Waals surface area (Å²) in [5.41, 5.74) is 4.62. The smallest absolute Gasteiger partial charge is 0.303 e. The summed E-state index contributed by atoms with van der Waals surface area (Å²) in [5, 5.41) is 11.4. The predicted molar refractivity (Wildman–Crippen MR) is 174 cm³/mol. The molecular weight excluding hydrogens is 553 g/mol. The minimum atomic E-state index is -1.93. The summed E-state index contributed by atoms with van der Waals surface area (Å²) in [6, 6.07) is 8.45. The highest BCUT2D eigenvalue weighted by atomic mass is 32.1. The minimum Gasteiger partial charge on any atom is -0.488 e. The zero-order chi connectivity index (χ0) is 30.4. The molecule has 0 saturated carbocycles. The van der Waals surface area contributed by atoms with Gasteiger partial charge < -0.3 is 18.7 Å². The van der Waals surface area contributed by atoms with E-state index in [9.17, 15) is 4.79 Å². The summed E-state index contributed by atoms with van der Waals surface area (Å²) >= 11 is 1.67. The van der Waals surface area contributed by atoms with Gasteiger partial charge in [0.25, 0.3) is 0 Å². The van der Waals surface area contributed by atoms with Crippen LogP contribution in [0.15, 0.2) is 35.7 Å². The number of allylic oxidation sites excluding steroid dienone is 2. The molecule has 8 heteroatoms. The second-order valence-corrected chi connectivity index (χ2v) is 24.2. The average molecular weight is 605 g/mol. The number of ether oxygens (including phenoxy) is 1. The number of rotatable bonds is 14. The number of benzene rings is 1. The van der Waals surface area contributed by atoms with Crippen molar-refractivity contribution in [3.05, 3.63) is 57.3 Å². The van der Waals surface area contributed by atoms with Crippen LogP contribution in [0.25, 0.3) is 5.57 Å². The van der Waals surface area contributed by atoms with Gasteiger partial charge in [0.1, 0.15) is 12.4 Å². The maximum absolute atomic E-state index is 10.9. The van der Waals surface area contributed by atoms with Crippen molar-refractivity contribution in [2.75, 3.05) is 0 Å². The van der Waals surface area contributed by atoms with Crippen molar-refractivity contribution >= 4 is 39.5 Å². The number of aliphatic carboxylic acids is 1. The Morgan fingerprint density at radius 2 is 1.48 bits per heavy atom. The van der Waals surface area contributed by atoms with Gasteiger partial charge in [-0.2, -0.15) is 0 Å². The molecule has 0 aliphatic carbocycles. The molecule has 1 aromatic heterocycles. The first-order valence-electron chi connectivity index (χ1n) is 14.4. The first-order chi connectivity index (χ1) is 18.4. The summed E-state index contributed by atoms with van der Waals surface area (Å²) in [6.45, 7) is 26.5. The molecular formula is C32H52O5SSi2. The van der Waals surface area contributed by atoms with Gasteiger partial charge >= 0.3 is 5.97 Å². The van der Waals surface area contributed by atoms with E-state index < -0.39 is 22.6 Å². The lowest BCUT2D eigenvalue weighted by Gasteiger charge is -2.37. The summed E-state index contributed by atoms with van der Waals surface area (Å²) < 4.78 is 19.5. The van der Waals surface area contributed by atoms with E-state index in [0.717, 1.165) is 33.7 Å². The molecule has 5 nitrogen and oxygen atoms in total. The molecule has 0 fully saturated rings. The van der Waals surface area contributed by atoms with E-state index in [0.29, 0.717) is 26.2 Å². The Morgan fingerprint density at radius 1 is 0.900 bits per heavy atom. The number of hydrogen-bond donors (Lipinski definition) is 1. The molecule has 2 aromatic rings. The van der Waals surface area contributed by atoms with Crippen LogP contribution >= 0.6 is 11.3 Å². The fourth-order valence-electron chi connectivity index (χ4n) is 3.53. The van der Waals surface area contributed by atoms with E-state index in [1.807, 2.05) is 12.1 Å². The van der Waals surface area contributed by atoms with E-state index in [1.165, 1.54) is 5.57 Å². The predicted octanol–water partition coefficient (Wildman–Crippen LogP) is 10.0. The Balaban J connectivity index is 2.21. The van der Waals surface area contributed by atoms with Gasteiger partial charge in [-0.3, -0.25) is 4.79 Å². The van der Waals surface area contributed by atoms with Gasteiger partial charge in [-0.25, -0.2) is 0 Å². The Morgan fingerprint density at radius 3 is 2.00 bits per heavy atom. The maximum Gasteiger partial charge on any atom is 0.303 e. The molecule has 0 radical (unpaired) electrons. The van der Waals surface area contributed by atoms with Crippen molar-refractivity contribution < 1.29 is 23.5 Å². The highest BCUT2D eigenvalue weighted by molar-refractivity contribution is 7.10. The first kappa shape index (κ1) is 34.5. The van der Waals surface area contributed by atoms with Crippen LogP contribution in [0.2, 0.25) is 36.3 Å². The van der Waals surface area contributed by atoms with Crippen LogP contribution in [0.4, 0.5) is 0 Å². The molecule has 0 bridgehead atoms. The standard InChI is InChI=1S/C32H52O5SSi2/c1-12-24(14-13-15-30(33)34)27-19-29(38-23-27)22-35-28-17-16-25(20-36-39(8,9)31(2,3)4)26(18-28)21-37-40(10,11)32(5,6)7/h14,16-19,23H,12-13,15,20-22H2,1-11H3,(H,33,34)/b24-14+. The third-order valence-corrected chi connectivity index (χ3v) is 18.4. The van der Waals surface area contributed by atoms with Crippen molar-refractivity contribution in [2.24, 2.45) is 0 Å². The fraction of sp³-hybridized carbons (Fsp3) is 0.594. The Bertz CT molecular complexity index is 1150. The molecule has 1 aromatic carbocycles. The topological polar surface area (TPSA) is 65.0 Å². The highest BCUT2D eigenvalue weighted by Gasteiger charge is 2.38. The SMILES string of the molecule is CC/C(=C\CCC(=O)O)c1csc(COc2ccc(CO[Si](C)(C)C(C)(C)C)c(CO[Si](C)(C)C(C)(C)C)c2)c1. The summed E-state index contributed by atoms with van der Waals surface area (Å²) in [6.07, 6.45) is 3.61. The van der Waals surface area contributed by atoms with E-state index in [4.69, 9.17) is 18.7 Å². The zero-order valence-corrected chi connectivity index (χ0v) is 29.5. The van der Waals surface area contributed by atoms with E-state index in [-0.39, 0.29) is 16.5 Å². The van der Waals surface area contributed by atoms with Crippen LogP contribution in [0, 0.1) is 0 Å². The number of carboxylic acid groups (broad SMARTS) is 1. The second-order valence-electron chi connectivity index (χ2n) is 13.6. The number of carboxylic acids is 1. The fourth-order valence-corrected chi connectivity index (χ4v) is 6.25. The molecule has 0 aliphatic heterocycles. The van der Waals surface area contributed by atoms with E-state index >= 15 is 0 Å². The molecule has 40 heavy (non-hydrogen) atoms. The van der Waals surface area contributed by atoms with Gasteiger partial charge in [-0.15, -0.1) is 11.3 Å². The molecule has 0 aliphatic rings. The molecule has 2 rings (SSSR count). The van der Waals surface area contributed by atoms with Gasteiger partial charge in [-0.05, 0) is 94.9 Å². The van der Waals surface area contributed by atoms with Gasteiger partial charge in [0, 0.05) is 11.3 Å². The van der Waals surface area contributed by atoms with Gasteiger partial charge in [0.15, 0.2) is 16.6 Å². The van der Waals surface area contributed by atoms with Crippen LogP contribution < -0.4 is 4.74 Å². The number of carbonyl (C=O) groups is 1. The van der Waals surface area contributed by atoms with Crippen LogP contribution in [-0.2, 0) is 33.5 Å². The molecule has 0 unspecified atom stereocenters. The monoisotopic (exact) mass is 604 g/mol. The second kappa shape index (κ2) is 14.0. The van der Waals surface area contributed by atoms with Gasteiger partial charge in [-0.1, -0.05) is 60.6 Å². The molecule has 0 atom stereocenters. The van der Waals surface area contributed by atoms with Crippen molar-refractivity contribution in [2.45, 2.75) is 124 Å². The van der Waals surface area contributed by atoms with Crippen molar-refractivity contribution in [1.29, 1.82) is 0 Å². The molecule has 1 heterocycles. The summed E-state index contributed by atoms with van der Waals surface area (Å²) in [5.74, 6) is 0.0605. The molecule has 0 spiro atoms. The third-order valence-electron chi connectivity index (χ3n) is 8.50. The molecule has 0 saturated heterocycles. The largest absolute Gasteiger partial charge is 0.488 e. The van der Waals surface area contributed by atoms with Crippen LogP contribution in [0.5, 0.6) is 5.75 Å². The Kier molecular flexibility index (Phi) is 12.0. The average Bonchev–Trinajstić information content (AvgIpc) is 3.30. The van der Waals surface area contributed by atoms with Gasteiger partial charge in [0.2, 0.25) is 0 Å². The summed E-state index contributed by atoms with van der Waals surface area (Å²) in [4.78, 5) is 12.0. The molecule has 0 amide bonds. The van der Waals surface area contributed by atoms with Crippen LogP contribution in [0.3, 0.4) is 0 Å². The van der Waals surface area contributed by atoms with Crippen molar-refractivity contribution in [3.8, 4) is 5.75 Å². The normalized spacial score (nSPS) is 13.5. The lowest BCUT2D eigenvalue weighted by atomic mass is 10.0. The Hall–Kier alpha value is -1.72. The lowest BCUT2D eigenvalue weighted by molar-refractivity contribution is -0.136.